The third-order valence-electron chi connectivity index (χ3n) is 7.54. The maximum atomic E-state index is 7.07. The number of nitrogens with zero attached hydrogens (tertiary/aromatic N) is 2. The number of benzene rings is 1. The molecule has 3 heterocycles. The number of hydrogen-bond acceptors (Lipinski definition) is 3. The molecule has 2 N–H and O–H groups in total. The number of halogens is 1. The van der Waals surface area contributed by atoms with Crippen LogP contribution in [0.25, 0.3) is 17.2 Å². The van der Waals surface area contributed by atoms with Gasteiger partial charge in [0.2, 0.25) is 0 Å². The van der Waals surface area contributed by atoms with E-state index in [4.69, 9.17) is 22.3 Å². The number of allylic oxidation sites excluding steroid dienone is 1. The van der Waals surface area contributed by atoms with Crippen molar-refractivity contribution in [2.45, 2.75) is 44.2 Å². The summed E-state index contributed by atoms with van der Waals surface area (Å²) >= 11 is 6.13. The minimum Gasteiger partial charge on any atom is -0.357 e. The third kappa shape index (κ3) is 3.48. The van der Waals surface area contributed by atoms with E-state index in [0.29, 0.717) is 11.8 Å². The highest BCUT2D eigenvalue weighted by molar-refractivity contribution is 6.30. The highest BCUT2D eigenvalue weighted by Crippen LogP contribution is 2.51. The fraction of sp³-hybridized carbons (Fsp3) is 0.423. The Kier molecular flexibility index (Phi) is 5.20. The Hall–Kier alpha value is -2.10. The zero-order valence-electron chi connectivity index (χ0n) is 17.4. The molecule has 2 aromatic rings. The van der Waals surface area contributed by atoms with E-state index in [2.05, 4.69) is 41.8 Å². The van der Waals surface area contributed by atoms with Gasteiger partial charge in [-0.2, -0.15) is 0 Å². The van der Waals surface area contributed by atoms with Crippen LogP contribution in [0.2, 0.25) is 5.02 Å². The van der Waals surface area contributed by atoms with Crippen molar-refractivity contribution in [1.82, 2.24) is 9.88 Å². The van der Waals surface area contributed by atoms with Gasteiger partial charge in [-0.15, -0.1) is 0 Å². The minimum atomic E-state index is -0.285. The van der Waals surface area contributed by atoms with Gasteiger partial charge < -0.3 is 10.6 Å². The van der Waals surface area contributed by atoms with Crippen LogP contribution in [0.1, 0.15) is 44.2 Å². The molecule has 1 aromatic carbocycles. The normalized spacial score (nSPS) is 31.1. The van der Waals surface area contributed by atoms with E-state index in [-0.39, 0.29) is 5.66 Å². The van der Waals surface area contributed by atoms with Crippen molar-refractivity contribution < 1.29 is 0 Å². The lowest BCUT2D eigenvalue weighted by atomic mass is 9.64. The lowest BCUT2D eigenvalue weighted by molar-refractivity contribution is -0.0238. The molecule has 3 fully saturated rings. The number of nitrogens with two attached hydrogens (primary N) is 1. The Bertz CT molecular complexity index is 966. The molecule has 4 atom stereocenters. The van der Waals surface area contributed by atoms with Gasteiger partial charge in [0.05, 0.1) is 11.4 Å². The number of piperidine rings is 1. The lowest BCUT2D eigenvalue weighted by Gasteiger charge is -2.54. The van der Waals surface area contributed by atoms with Crippen LogP contribution < -0.4 is 5.73 Å². The van der Waals surface area contributed by atoms with Crippen LogP contribution in [-0.2, 0) is 0 Å². The van der Waals surface area contributed by atoms with Gasteiger partial charge in [0.25, 0.3) is 0 Å². The van der Waals surface area contributed by atoms with Crippen LogP contribution in [0.15, 0.2) is 60.9 Å². The molecule has 1 saturated carbocycles. The highest BCUT2D eigenvalue weighted by Gasteiger charge is 2.53. The van der Waals surface area contributed by atoms with Crippen molar-refractivity contribution in [2.24, 2.45) is 23.5 Å². The summed E-state index contributed by atoms with van der Waals surface area (Å²) in [6.07, 6.45) is 13.8. The average molecular weight is 420 g/mol. The van der Waals surface area contributed by atoms with Crippen molar-refractivity contribution in [3.05, 3.63) is 71.7 Å². The molecule has 1 aromatic heterocycles. The van der Waals surface area contributed by atoms with Gasteiger partial charge >= 0.3 is 0 Å². The molecule has 3 aliphatic rings. The molecule has 30 heavy (non-hydrogen) atoms. The monoisotopic (exact) mass is 419 g/mol. The Labute approximate surface area is 184 Å². The molecular weight excluding hydrogens is 390 g/mol. The topological polar surface area (TPSA) is 42.1 Å². The van der Waals surface area contributed by atoms with Crippen LogP contribution >= 0.6 is 11.6 Å². The second kappa shape index (κ2) is 7.86. The van der Waals surface area contributed by atoms with E-state index in [1.807, 2.05) is 24.4 Å². The maximum absolute atomic E-state index is 7.07. The van der Waals surface area contributed by atoms with Gasteiger partial charge in [-0.05, 0) is 67.4 Å². The Morgan fingerprint density at radius 1 is 1.17 bits per heavy atom. The van der Waals surface area contributed by atoms with Gasteiger partial charge in [0.15, 0.2) is 0 Å². The first-order chi connectivity index (χ1) is 14.5. The van der Waals surface area contributed by atoms with Gasteiger partial charge in [0, 0.05) is 34.9 Å². The molecule has 2 saturated heterocycles. The number of rotatable bonds is 3. The molecule has 2 aliphatic heterocycles. The maximum Gasteiger partial charge on any atom is 0.0950 e. The van der Waals surface area contributed by atoms with Crippen molar-refractivity contribution in [1.29, 1.82) is 0 Å². The van der Waals surface area contributed by atoms with Crippen LogP contribution in [0, 0.1) is 17.8 Å². The zero-order chi connectivity index (χ0) is 20.7. The number of aromatic nitrogens is 1. The summed E-state index contributed by atoms with van der Waals surface area (Å²) in [6, 6.07) is 12.1. The second-order valence-corrected chi connectivity index (χ2v) is 9.68. The standard InChI is InChI=1S/C26H30ClN3/c1-18-13-14-26(28)25(24-8-3-2-5-21(24)17-30(18)26)12-11-23-10-9-20(16-29-23)19-6-4-7-22(27)15-19/h4,6-7,9-12,15-16,21,24-25H,1-3,5,8,13-14,17,28H2/b12-11+/t21?,24?,25?,26-/m1/s1. The predicted molar refractivity (Wildman–Crippen MR) is 125 cm³/mol. The average Bonchev–Trinajstić information content (AvgIpc) is 3.06. The van der Waals surface area contributed by atoms with Crippen molar-refractivity contribution >= 4 is 17.7 Å². The fourth-order valence-corrected chi connectivity index (χ4v) is 6.14. The summed E-state index contributed by atoms with van der Waals surface area (Å²) in [7, 11) is 0. The molecule has 156 valence electrons. The Morgan fingerprint density at radius 2 is 2.03 bits per heavy atom. The first-order valence-electron chi connectivity index (χ1n) is 11.2. The molecule has 1 aliphatic carbocycles. The highest BCUT2D eigenvalue weighted by atomic mass is 35.5. The third-order valence-corrected chi connectivity index (χ3v) is 7.78. The largest absolute Gasteiger partial charge is 0.357 e. The van der Waals surface area contributed by atoms with E-state index in [0.717, 1.165) is 47.1 Å². The minimum absolute atomic E-state index is 0.285. The molecule has 0 spiro atoms. The van der Waals surface area contributed by atoms with Crippen molar-refractivity contribution in [2.75, 3.05) is 6.54 Å². The molecule has 4 heteroatoms. The molecule has 0 amide bonds. The molecule has 0 radical (unpaired) electrons. The van der Waals surface area contributed by atoms with Crippen LogP contribution in [0.5, 0.6) is 0 Å². The second-order valence-electron chi connectivity index (χ2n) is 9.24. The predicted octanol–water partition coefficient (Wildman–Crippen LogP) is 6.12. The lowest BCUT2D eigenvalue weighted by Crippen LogP contribution is -2.64. The van der Waals surface area contributed by atoms with Crippen molar-refractivity contribution in [3.63, 3.8) is 0 Å². The van der Waals surface area contributed by atoms with E-state index in [1.54, 1.807) is 0 Å². The Morgan fingerprint density at radius 3 is 2.83 bits per heavy atom. The van der Waals surface area contributed by atoms with Gasteiger partial charge in [-0.25, -0.2) is 0 Å². The Balaban J connectivity index is 1.40. The summed E-state index contributed by atoms with van der Waals surface area (Å²) in [5, 5.41) is 0.742. The van der Waals surface area contributed by atoms with E-state index >= 15 is 0 Å². The van der Waals surface area contributed by atoms with E-state index in [9.17, 15) is 0 Å². The number of pyridine rings is 1. The smallest absolute Gasteiger partial charge is 0.0950 e. The van der Waals surface area contributed by atoms with Gasteiger partial charge in [0.1, 0.15) is 0 Å². The summed E-state index contributed by atoms with van der Waals surface area (Å²) in [4.78, 5) is 7.13. The molecule has 0 bridgehead atoms. The fourth-order valence-electron chi connectivity index (χ4n) is 5.95. The molecular formula is C26H30ClN3. The summed E-state index contributed by atoms with van der Waals surface area (Å²) in [5.41, 5.74) is 11.1. The summed E-state index contributed by atoms with van der Waals surface area (Å²) in [5.74, 6) is 1.76. The number of fused-ring (bicyclic) bond motifs is 2. The summed E-state index contributed by atoms with van der Waals surface area (Å²) < 4.78 is 0. The zero-order valence-corrected chi connectivity index (χ0v) is 18.2. The first-order valence-corrected chi connectivity index (χ1v) is 11.6. The first kappa shape index (κ1) is 19.8. The van der Waals surface area contributed by atoms with E-state index < -0.39 is 0 Å². The SMILES string of the molecule is C=C1CC[C@]2(N)C(/C=C/c3ccc(-c4cccc(Cl)c4)cn3)C3CCCCC3CN12. The van der Waals surface area contributed by atoms with Gasteiger partial charge in [-0.1, -0.05) is 55.3 Å². The van der Waals surface area contributed by atoms with Crippen LogP contribution in [0.3, 0.4) is 0 Å². The summed E-state index contributed by atoms with van der Waals surface area (Å²) in [6.45, 7) is 5.41. The van der Waals surface area contributed by atoms with Crippen molar-refractivity contribution in [3.8, 4) is 11.1 Å². The molecule has 3 unspecified atom stereocenters. The van der Waals surface area contributed by atoms with E-state index in [1.165, 1.54) is 31.4 Å². The van der Waals surface area contributed by atoms with Crippen LogP contribution in [-0.4, -0.2) is 22.1 Å². The van der Waals surface area contributed by atoms with Crippen LogP contribution in [0.4, 0.5) is 0 Å². The molecule has 3 nitrogen and oxygen atoms in total. The van der Waals surface area contributed by atoms with Gasteiger partial charge in [-0.3, -0.25) is 4.98 Å². The molecule has 5 rings (SSSR count). The quantitative estimate of drug-likeness (QED) is 0.651. The number of hydrogen-bond donors (Lipinski definition) is 1.